The van der Waals surface area contributed by atoms with Gasteiger partial charge >= 0.3 is 0 Å². The molecule has 17 heavy (non-hydrogen) atoms. The van der Waals surface area contributed by atoms with Gasteiger partial charge in [-0.15, -0.1) is 11.3 Å². The quantitative estimate of drug-likeness (QED) is 0.818. The van der Waals surface area contributed by atoms with Gasteiger partial charge < -0.3 is 10.2 Å². The van der Waals surface area contributed by atoms with Crippen LogP contribution in [0.2, 0.25) is 0 Å². The van der Waals surface area contributed by atoms with Crippen LogP contribution in [0.3, 0.4) is 0 Å². The van der Waals surface area contributed by atoms with Gasteiger partial charge in [-0.2, -0.15) is 0 Å². The van der Waals surface area contributed by atoms with E-state index in [0.29, 0.717) is 0 Å². The highest BCUT2D eigenvalue weighted by Gasteiger charge is 2.27. The Morgan fingerprint density at radius 3 is 2.76 bits per heavy atom. The zero-order valence-electron chi connectivity index (χ0n) is 11.1. The van der Waals surface area contributed by atoms with Crippen molar-refractivity contribution in [2.24, 2.45) is 11.8 Å². The number of nitrogens with one attached hydrogen (secondary N) is 1. The van der Waals surface area contributed by atoms with Crippen molar-refractivity contribution in [3.05, 3.63) is 11.1 Å². The lowest BCUT2D eigenvalue weighted by atomic mass is 10.0. The fourth-order valence-corrected chi connectivity index (χ4v) is 3.05. The van der Waals surface area contributed by atoms with Crippen LogP contribution in [-0.4, -0.2) is 24.6 Å². The van der Waals surface area contributed by atoms with E-state index in [-0.39, 0.29) is 0 Å². The first-order chi connectivity index (χ1) is 8.20. The summed E-state index contributed by atoms with van der Waals surface area (Å²) in [6.07, 6.45) is 1.18. The van der Waals surface area contributed by atoms with Crippen LogP contribution in [0.25, 0.3) is 0 Å². The molecule has 0 aliphatic carbocycles. The minimum Gasteiger partial charge on any atom is -0.348 e. The number of aromatic nitrogens is 1. The van der Waals surface area contributed by atoms with E-state index in [9.17, 15) is 0 Å². The lowest BCUT2D eigenvalue weighted by Crippen LogP contribution is -2.19. The Kier molecular flexibility index (Phi) is 4.40. The molecule has 0 amide bonds. The molecular formula is C13H23N3S. The molecule has 3 nitrogen and oxygen atoms in total. The molecule has 96 valence electrons. The monoisotopic (exact) mass is 253 g/mol. The first-order valence-electron chi connectivity index (χ1n) is 6.60. The minimum atomic E-state index is 0.792. The summed E-state index contributed by atoms with van der Waals surface area (Å²) in [5.41, 5.74) is 1.19. The molecule has 1 fully saturated rings. The van der Waals surface area contributed by atoms with Crippen molar-refractivity contribution in [3.8, 4) is 0 Å². The third kappa shape index (κ3) is 3.19. The Morgan fingerprint density at radius 1 is 1.41 bits per heavy atom. The molecule has 1 aromatic heterocycles. The SMILES string of the molecule is CCCNCc1csc(N2CC(C)C(C)C2)n1. The molecule has 2 heterocycles. The van der Waals surface area contributed by atoms with Crippen molar-refractivity contribution < 1.29 is 0 Å². The highest BCUT2D eigenvalue weighted by atomic mass is 32.1. The van der Waals surface area contributed by atoms with Gasteiger partial charge in [-0.3, -0.25) is 0 Å². The maximum Gasteiger partial charge on any atom is 0.185 e. The molecule has 1 aliphatic heterocycles. The Bertz CT molecular complexity index is 340. The predicted molar refractivity (Wildman–Crippen MR) is 74.7 cm³/mol. The molecule has 0 aromatic carbocycles. The zero-order valence-corrected chi connectivity index (χ0v) is 11.9. The van der Waals surface area contributed by atoms with Crippen molar-refractivity contribution in [3.63, 3.8) is 0 Å². The Morgan fingerprint density at radius 2 is 2.12 bits per heavy atom. The number of rotatable bonds is 5. The van der Waals surface area contributed by atoms with Gasteiger partial charge in [-0.25, -0.2) is 4.98 Å². The lowest BCUT2D eigenvalue weighted by Gasteiger charge is -2.13. The topological polar surface area (TPSA) is 28.2 Å². The summed E-state index contributed by atoms with van der Waals surface area (Å²) in [6, 6.07) is 0. The van der Waals surface area contributed by atoms with Crippen molar-refractivity contribution in [1.29, 1.82) is 0 Å². The van der Waals surface area contributed by atoms with E-state index in [0.717, 1.165) is 38.0 Å². The van der Waals surface area contributed by atoms with Gasteiger partial charge in [0.2, 0.25) is 0 Å². The molecule has 2 atom stereocenters. The standard InChI is InChI=1S/C13H23N3S/c1-4-5-14-6-12-9-17-13(15-12)16-7-10(2)11(3)8-16/h9-11,14H,4-8H2,1-3H3. The van der Waals surface area contributed by atoms with Gasteiger partial charge in [0, 0.05) is 25.0 Å². The second-order valence-electron chi connectivity index (χ2n) is 5.16. The van der Waals surface area contributed by atoms with Crippen LogP contribution in [0.5, 0.6) is 0 Å². The average molecular weight is 253 g/mol. The van der Waals surface area contributed by atoms with E-state index in [1.807, 2.05) is 0 Å². The van der Waals surface area contributed by atoms with Gasteiger partial charge in [0.15, 0.2) is 5.13 Å². The van der Waals surface area contributed by atoms with Crippen LogP contribution in [-0.2, 0) is 6.54 Å². The van der Waals surface area contributed by atoms with Gasteiger partial charge in [-0.05, 0) is 24.8 Å². The molecule has 4 heteroatoms. The predicted octanol–water partition coefficient (Wildman–Crippen LogP) is 2.73. The summed E-state index contributed by atoms with van der Waals surface area (Å²) in [5, 5.41) is 6.79. The highest BCUT2D eigenvalue weighted by molar-refractivity contribution is 7.13. The largest absolute Gasteiger partial charge is 0.348 e. The van der Waals surface area contributed by atoms with E-state index in [2.05, 4.69) is 36.4 Å². The Labute approximate surface area is 108 Å². The number of hydrogen-bond acceptors (Lipinski definition) is 4. The summed E-state index contributed by atoms with van der Waals surface area (Å²) >= 11 is 1.78. The van der Waals surface area contributed by atoms with Crippen LogP contribution >= 0.6 is 11.3 Å². The highest BCUT2D eigenvalue weighted by Crippen LogP contribution is 2.29. The average Bonchev–Trinajstić information content (AvgIpc) is 2.88. The Hall–Kier alpha value is -0.610. The van der Waals surface area contributed by atoms with Gasteiger partial charge in [0.25, 0.3) is 0 Å². The molecule has 0 bridgehead atoms. The summed E-state index contributed by atoms with van der Waals surface area (Å²) < 4.78 is 0. The number of anilines is 1. The van der Waals surface area contributed by atoms with E-state index in [1.165, 1.54) is 17.2 Å². The Balaban J connectivity index is 1.90. The van der Waals surface area contributed by atoms with E-state index < -0.39 is 0 Å². The molecule has 0 spiro atoms. The van der Waals surface area contributed by atoms with Gasteiger partial charge in [-0.1, -0.05) is 20.8 Å². The fraction of sp³-hybridized carbons (Fsp3) is 0.769. The van der Waals surface area contributed by atoms with Crippen LogP contribution < -0.4 is 10.2 Å². The summed E-state index contributed by atoms with van der Waals surface area (Å²) in [6.45, 7) is 11.2. The normalized spacial score (nSPS) is 24.5. The first kappa shape index (κ1) is 12.8. The van der Waals surface area contributed by atoms with Crippen molar-refractivity contribution in [2.75, 3.05) is 24.5 Å². The smallest absolute Gasteiger partial charge is 0.185 e. The second-order valence-corrected chi connectivity index (χ2v) is 5.99. The molecule has 1 aromatic rings. The van der Waals surface area contributed by atoms with Crippen molar-refractivity contribution in [2.45, 2.75) is 33.7 Å². The summed E-state index contributed by atoms with van der Waals surface area (Å²) in [5.74, 6) is 1.58. The zero-order chi connectivity index (χ0) is 12.3. The van der Waals surface area contributed by atoms with E-state index in [4.69, 9.17) is 4.98 Å². The number of thiazole rings is 1. The second kappa shape index (κ2) is 5.83. The van der Waals surface area contributed by atoms with E-state index >= 15 is 0 Å². The van der Waals surface area contributed by atoms with Crippen LogP contribution in [0.15, 0.2) is 5.38 Å². The molecule has 1 saturated heterocycles. The molecule has 1 aliphatic rings. The molecule has 2 unspecified atom stereocenters. The van der Waals surface area contributed by atoms with E-state index in [1.54, 1.807) is 11.3 Å². The maximum absolute atomic E-state index is 4.71. The number of hydrogen-bond donors (Lipinski definition) is 1. The van der Waals surface area contributed by atoms with Crippen LogP contribution in [0.1, 0.15) is 32.9 Å². The van der Waals surface area contributed by atoms with Gasteiger partial charge in [0.05, 0.1) is 5.69 Å². The van der Waals surface area contributed by atoms with Crippen LogP contribution in [0.4, 0.5) is 5.13 Å². The maximum atomic E-state index is 4.71. The summed E-state index contributed by atoms with van der Waals surface area (Å²) in [7, 11) is 0. The third-order valence-electron chi connectivity index (χ3n) is 3.53. The molecule has 2 rings (SSSR count). The lowest BCUT2D eigenvalue weighted by molar-refractivity contribution is 0.494. The molecular weight excluding hydrogens is 230 g/mol. The summed E-state index contributed by atoms with van der Waals surface area (Å²) in [4.78, 5) is 7.15. The molecule has 0 saturated carbocycles. The third-order valence-corrected chi connectivity index (χ3v) is 4.48. The molecule has 1 N–H and O–H groups in total. The minimum absolute atomic E-state index is 0.792. The van der Waals surface area contributed by atoms with Crippen molar-refractivity contribution >= 4 is 16.5 Å². The van der Waals surface area contributed by atoms with Gasteiger partial charge in [0.1, 0.15) is 0 Å². The van der Waals surface area contributed by atoms with Crippen LogP contribution in [0, 0.1) is 11.8 Å². The fourth-order valence-electron chi connectivity index (χ4n) is 2.20. The molecule has 0 radical (unpaired) electrons. The number of nitrogens with zero attached hydrogens (tertiary/aromatic N) is 2. The van der Waals surface area contributed by atoms with Crippen molar-refractivity contribution in [1.82, 2.24) is 10.3 Å². The first-order valence-corrected chi connectivity index (χ1v) is 7.48.